The molecule has 5 heteroatoms. The second-order valence-electron chi connectivity index (χ2n) is 5.27. The summed E-state index contributed by atoms with van der Waals surface area (Å²) in [6, 6.07) is 14.4. The molecule has 0 saturated heterocycles. The van der Waals surface area contributed by atoms with Gasteiger partial charge in [0.2, 0.25) is 5.95 Å². The SMILES string of the molecule is Nc1nc2cc(I)ccc2n1CC1Cc2ccccc2O1. The third-order valence-electron chi connectivity index (χ3n) is 3.84. The smallest absolute Gasteiger partial charge is 0.201 e. The van der Waals surface area contributed by atoms with Crippen LogP contribution in [0.3, 0.4) is 0 Å². The third-order valence-corrected chi connectivity index (χ3v) is 4.51. The van der Waals surface area contributed by atoms with Crippen LogP contribution < -0.4 is 10.5 Å². The largest absolute Gasteiger partial charge is 0.488 e. The second kappa shape index (κ2) is 4.91. The maximum absolute atomic E-state index is 6.08. The molecule has 0 spiro atoms. The summed E-state index contributed by atoms with van der Waals surface area (Å²) in [5.41, 5.74) is 9.35. The molecule has 0 aliphatic carbocycles. The molecule has 0 saturated carbocycles. The summed E-state index contributed by atoms with van der Waals surface area (Å²) >= 11 is 2.28. The Labute approximate surface area is 136 Å². The number of hydrogen-bond acceptors (Lipinski definition) is 3. The Bertz CT molecular complexity index is 803. The van der Waals surface area contributed by atoms with Gasteiger partial charge in [0.25, 0.3) is 0 Å². The topological polar surface area (TPSA) is 53.1 Å². The standard InChI is InChI=1S/C16H14IN3O/c17-11-5-6-14-13(8-11)19-16(18)20(14)9-12-7-10-3-1-2-4-15(10)21-12/h1-6,8,12H,7,9H2,(H2,18,19). The molecule has 4 rings (SSSR count). The van der Waals surface area contributed by atoms with Gasteiger partial charge in [0, 0.05) is 9.99 Å². The molecule has 2 aromatic carbocycles. The zero-order chi connectivity index (χ0) is 14.4. The average molecular weight is 391 g/mol. The molecule has 0 radical (unpaired) electrons. The lowest BCUT2D eigenvalue weighted by atomic mass is 10.1. The number of anilines is 1. The number of rotatable bonds is 2. The molecular formula is C16H14IN3O. The van der Waals surface area contributed by atoms with Crippen molar-refractivity contribution in [2.24, 2.45) is 0 Å². The summed E-state index contributed by atoms with van der Waals surface area (Å²) < 4.78 is 9.21. The highest BCUT2D eigenvalue weighted by Gasteiger charge is 2.24. The molecule has 2 N–H and O–H groups in total. The number of nitrogens with two attached hydrogens (primary N) is 1. The maximum atomic E-state index is 6.08. The molecule has 1 aliphatic heterocycles. The van der Waals surface area contributed by atoms with Crippen LogP contribution in [0.4, 0.5) is 5.95 Å². The van der Waals surface area contributed by atoms with Crippen molar-refractivity contribution in [2.75, 3.05) is 5.73 Å². The first-order valence-corrected chi connectivity index (χ1v) is 7.94. The monoisotopic (exact) mass is 391 g/mol. The number of benzene rings is 2. The molecule has 1 unspecified atom stereocenters. The zero-order valence-corrected chi connectivity index (χ0v) is 13.4. The number of aromatic nitrogens is 2. The number of fused-ring (bicyclic) bond motifs is 2. The molecule has 1 aromatic heterocycles. The molecular weight excluding hydrogens is 377 g/mol. The van der Waals surface area contributed by atoms with E-state index >= 15 is 0 Å². The van der Waals surface area contributed by atoms with Gasteiger partial charge >= 0.3 is 0 Å². The Kier molecular flexibility index (Phi) is 3.02. The van der Waals surface area contributed by atoms with Crippen LogP contribution in [-0.2, 0) is 13.0 Å². The van der Waals surface area contributed by atoms with Gasteiger partial charge in [0.15, 0.2) is 0 Å². The number of nitrogen functional groups attached to an aromatic ring is 1. The molecule has 4 nitrogen and oxygen atoms in total. The van der Waals surface area contributed by atoms with Crippen LogP contribution in [0.5, 0.6) is 5.75 Å². The molecule has 106 valence electrons. The number of hydrogen-bond donors (Lipinski definition) is 1. The normalized spacial score (nSPS) is 16.9. The van der Waals surface area contributed by atoms with Gasteiger partial charge in [-0.25, -0.2) is 4.98 Å². The van der Waals surface area contributed by atoms with Crippen LogP contribution in [0, 0.1) is 3.57 Å². The van der Waals surface area contributed by atoms with Crippen LogP contribution in [0.1, 0.15) is 5.56 Å². The first-order chi connectivity index (χ1) is 10.2. The van der Waals surface area contributed by atoms with E-state index in [1.165, 1.54) is 5.56 Å². The Balaban J connectivity index is 1.65. The number of ether oxygens (including phenoxy) is 1. The summed E-state index contributed by atoms with van der Waals surface area (Å²) in [6.07, 6.45) is 1.03. The Hall–Kier alpha value is -1.76. The first-order valence-electron chi connectivity index (χ1n) is 6.86. The molecule has 3 aromatic rings. The fourth-order valence-corrected chi connectivity index (χ4v) is 3.35. The summed E-state index contributed by atoms with van der Waals surface area (Å²) in [5.74, 6) is 1.53. The minimum Gasteiger partial charge on any atom is -0.488 e. The predicted octanol–water partition coefficient (Wildman–Crippen LogP) is 3.23. The number of para-hydroxylation sites is 1. The number of nitrogens with zero attached hydrogens (tertiary/aromatic N) is 2. The zero-order valence-electron chi connectivity index (χ0n) is 11.3. The van der Waals surface area contributed by atoms with E-state index in [2.05, 4.69) is 45.8 Å². The minimum absolute atomic E-state index is 0.112. The van der Waals surface area contributed by atoms with E-state index in [9.17, 15) is 0 Å². The molecule has 2 heterocycles. The summed E-state index contributed by atoms with van der Waals surface area (Å²) in [7, 11) is 0. The Morgan fingerprint density at radius 1 is 1.29 bits per heavy atom. The van der Waals surface area contributed by atoms with E-state index in [4.69, 9.17) is 10.5 Å². The summed E-state index contributed by atoms with van der Waals surface area (Å²) in [4.78, 5) is 4.45. The van der Waals surface area contributed by atoms with Gasteiger partial charge in [-0.05, 0) is 52.4 Å². The van der Waals surface area contributed by atoms with E-state index in [1.807, 2.05) is 28.8 Å². The van der Waals surface area contributed by atoms with E-state index in [0.29, 0.717) is 5.95 Å². The van der Waals surface area contributed by atoms with E-state index in [0.717, 1.165) is 33.3 Å². The van der Waals surface area contributed by atoms with Crippen molar-refractivity contribution >= 4 is 39.6 Å². The van der Waals surface area contributed by atoms with Crippen LogP contribution in [0.25, 0.3) is 11.0 Å². The lowest BCUT2D eigenvalue weighted by molar-refractivity contribution is 0.211. The van der Waals surface area contributed by atoms with E-state index in [1.54, 1.807) is 0 Å². The van der Waals surface area contributed by atoms with Crippen LogP contribution in [-0.4, -0.2) is 15.7 Å². The maximum Gasteiger partial charge on any atom is 0.201 e. The predicted molar refractivity (Wildman–Crippen MR) is 91.4 cm³/mol. The van der Waals surface area contributed by atoms with Gasteiger partial charge < -0.3 is 15.0 Å². The lowest BCUT2D eigenvalue weighted by Gasteiger charge is -2.13. The van der Waals surface area contributed by atoms with E-state index < -0.39 is 0 Å². The van der Waals surface area contributed by atoms with Crippen molar-refractivity contribution in [3.8, 4) is 5.75 Å². The Morgan fingerprint density at radius 2 is 2.14 bits per heavy atom. The molecule has 21 heavy (non-hydrogen) atoms. The van der Waals surface area contributed by atoms with Crippen molar-refractivity contribution in [1.82, 2.24) is 9.55 Å². The van der Waals surface area contributed by atoms with Gasteiger partial charge in [-0.3, -0.25) is 0 Å². The minimum atomic E-state index is 0.112. The van der Waals surface area contributed by atoms with Crippen molar-refractivity contribution < 1.29 is 4.74 Å². The third kappa shape index (κ3) is 2.25. The fourth-order valence-electron chi connectivity index (χ4n) is 2.87. The second-order valence-corrected chi connectivity index (χ2v) is 6.51. The van der Waals surface area contributed by atoms with Crippen LogP contribution in [0.15, 0.2) is 42.5 Å². The van der Waals surface area contributed by atoms with E-state index in [-0.39, 0.29) is 6.10 Å². The van der Waals surface area contributed by atoms with Gasteiger partial charge in [0.05, 0.1) is 17.6 Å². The van der Waals surface area contributed by atoms with Crippen molar-refractivity contribution in [3.63, 3.8) is 0 Å². The Morgan fingerprint density at radius 3 is 3.00 bits per heavy atom. The summed E-state index contributed by atoms with van der Waals surface area (Å²) in [5, 5.41) is 0. The average Bonchev–Trinajstić information content (AvgIpc) is 3.00. The lowest BCUT2D eigenvalue weighted by Crippen LogP contribution is -2.21. The van der Waals surface area contributed by atoms with Crippen molar-refractivity contribution in [3.05, 3.63) is 51.6 Å². The molecule has 0 amide bonds. The van der Waals surface area contributed by atoms with Crippen LogP contribution in [0.2, 0.25) is 0 Å². The van der Waals surface area contributed by atoms with Gasteiger partial charge in [0.1, 0.15) is 11.9 Å². The first kappa shape index (κ1) is 12.9. The quantitative estimate of drug-likeness (QED) is 0.683. The van der Waals surface area contributed by atoms with Crippen LogP contribution >= 0.6 is 22.6 Å². The van der Waals surface area contributed by atoms with Gasteiger partial charge in [-0.1, -0.05) is 18.2 Å². The highest BCUT2D eigenvalue weighted by molar-refractivity contribution is 14.1. The van der Waals surface area contributed by atoms with Crippen molar-refractivity contribution in [2.45, 2.75) is 19.1 Å². The molecule has 0 bridgehead atoms. The number of halogens is 1. The molecule has 1 atom stereocenters. The highest BCUT2D eigenvalue weighted by atomic mass is 127. The summed E-state index contributed by atoms with van der Waals surface area (Å²) in [6.45, 7) is 0.720. The van der Waals surface area contributed by atoms with Crippen molar-refractivity contribution in [1.29, 1.82) is 0 Å². The van der Waals surface area contributed by atoms with Gasteiger partial charge in [-0.2, -0.15) is 0 Å². The molecule has 0 fully saturated rings. The molecule has 1 aliphatic rings. The highest BCUT2D eigenvalue weighted by Crippen LogP contribution is 2.30. The van der Waals surface area contributed by atoms with Gasteiger partial charge in [-0.15, -0.1) is 0 Å². The fraction of sp³-hybridized carbons (Fsp3) is 0.188. The number of imidazole rings is 1.